The van der Waals surface area contributed by atoms with Gasteiger partial charge in [-0.15, -0.1) is 17.9 Å². The number of hydrogen-bond donors (Lipinski definition) is 0. The highest BCUT2D eigenvalue weighted by molar-refractivity contribution is 7.14. The fourth-order valence-corrected chi connectivity index (χ4v) is 3.10. The lowest BCUT2D eigenvalue weighted by Crippen LogP contribution is -2.29. The van der Waals surface area contributed by atoms with Gasteiger partial charge in [-0.2, -0.15) is 0 Å². The lowest BCUT2D eigenvalue weighted by Gasteiger charge is -2.15. The number of carbonyl (C=O) groups is 2. The van der Waals surface area contributed by atoms with E-state index in [9.17, 15) is 19.7 Å². The van der Waals surface area contributed by atoms with Gasteiger partial charge in [0.05, 0.1) is 11.5 Å². The maximum atomic E-state index is 12.6. The number of hydrogen-bond acceptors (Lipinski definition) is 7. The van der Waals surface area contributed by atoms with Crippen molar-refractivity contribution in [2.45, 2.75) is 6.92 Å². The Bertz CT molecular complexity index is 941. The highest BCUT2D eigenvalue weighted by atomic mass is 35.5. The third-order valence-electron chi connectivity index (χ3n) is 3.37. The molecule has 28 heavy (non-hydrogen) atoms. The van der Waals surface area contributed by atoms with E-state index in [2.05, 4.69) is 11.6 Å². The highest BCUT2D eigenvalue weighted by Crippen LogP contribution is 2.26. The van der Waals surface area contributed by atoms with E-state index in [0.29, 0.717) is 10.7 Å². The monoisotopic (exact) mass is 421 g/mol. The molecule has 0 unspecified atom stereocenters. The van der Waals surface area contributed by atoms with Gasteiger partial charge in [-0.3, -0.25) is 19.8 Å². The van der Waals surface area contributed by atoms with Crippen LogP contribution in [0.25, 0.3) is 6.08 Å². The zero-order valence-corrected chi connectivity index (χ0v) is 16.4. The summed E-state index contributed by atoms with van der Waals surface area (Å²) in [4.78, 5) is 40.1. The molecule has 0 saturated heterocycles. The van der Waals surface area contributed by atoms with Gasteiger partial charge in [0.1, 0.15) is 5.02 Å². The Labute approximate surface area is 169 Å². The number of rotatable bonds is 8. The number of amides is 1. The van der Waals surface area contributed by atoms with Crippen molar-refractivity contribution >= 4 is 51.7 Å². The summed E-state index contributed by atoms with van der Waals surface area (Å²) < 4.78 is 4.89. The number of aromatic nitrogens is 1. The van der Waals surface area contributed by atoms with Crippen molar-refractivity contribution in [2.75, 3.05) is 18.1 Å². The molecule has 2 rings (SSSR count). The number of nitro groups is 1. The van der Waals surface area contributed by atoms with Crippen molar-refractivity contribution in [3.8, 4) is 0 Å². The van der Waals surface area contributed by atoms with E-state index in [1.165, 1.54) is 40.6 Å². The molecule has 1 aromatic heterocycles. The summed E-state index contributed by atoms with van der Waals surface area (Å²) >= 11 is 6.89. The van der Waals surface area contributed by atoms with Crippen LogP contribution in [-0.4, -0.2) is 34.9 Å². The normalized spacial score (nSPS) is 10.6. The molecule has 0 fully saturated rings. The van der Waals surface area contributed by atoms with E-state index < -0.39 is 16.8 Å². The summed E-state index contributed by atoms with van der Waals surface area (Å²) in [6.07, 6.45) is 4.20. The predicted molar refractivity (Wildman–Crippen MR) is 108 cm³/mol. The number of nitro benzene ring substituents is 1. The molecular formula is C18H16ClN3O5S. The predicted octanol–water partition coefficient (Wildman–Crippen LogP) is 4.11. The summed E-state index contributed by atoms with van der Waals surface area (Å²) in [7, 11) is 0. The van der Waals surface area contributed by atoms with E-state index in [1.54, 1.807) is 13.0 Å². The Morgan fingerprint density at radius 3 is 2.86 bits per heavy atom. The fourth-order valence-electron chi connectivity index (χ4n) is 2.11. The Morgan fingerprint density at radius 2 is 2.21 bits per heavy atom. The average Bonchev–Trinajstić information content (AvgIpc) is 3.15. The van der Waals surface area contributed by atoms with Crippen LogP contribution in [-0.2, 0) is 9.53 Å². The van der Waals surface area contributed by atoms with E-state index in [0.717, 1.165) is 11.3 Å². The van der Waals surface area contributed by atoms with Gasteiger partial charge in [0.15, 0.2) is 10.8 Å². The van der Waals surface area contributed by atoms with Gasteiger partial charge in [0.2, 0.25) is 0 Å². The fraction of sp³-hybridized carbons (Fsp3) is 0.167. The van der Waals surface area contributed by atoms with Gasteiger partial charge in [-0.1, -0.05) is 23.7 Å². The molecule has 0 aliphatic rings. The quantitative estimate of drug-likeness (QED) is 0.209. The Hall–Kier alpha value is -3.04. The van der Waals surface area contributed by atoms with Gasteiger partial charge < -0.3 is 4.74 Å². The number of thiazole rings is 1. The van der Waals surface area contributed by atoms with Crippen molar-refractivity contribution in [3.05, 3.63) is 68.7 Å². The number of carbonyl (C=O) groups excluding carboxylic acids is 2. The summed E-state index contributed by atoms with van der Waals surface area (Å²) in [5.74, 6) is -0.998. The lowest BCUT2D eigenvalue weighted by atomic mass is 10.2. The maximum absolute atomic E-state index is 12.6. The van der Waals surface area contributed by atoms with Crippen molar-refractivity contribution in [1.29, 1.82) is 0 Å². The minimum atomic E-state index is -0.599. The minimum Gasteiger partial charge on any atom is -0.461 e. The van der Waals surface area contributed by atoms with E-state index >= 15 is 0 Å². The summed E-state index contributed by atoms with van der Waals surface area (Å²) in [5.41, 5.74) is 0.300. The minimum absolute atomic E-state index is 0.0102. The first kappa shape index (κ1) is 21.3. The smallest absolute Gasteiger partial charge is 0.357 e. The molecule has 0 N–H and O–H groups in total. The van der Waals surface area contributed by atoms with Crippen molar-refractivity contribution < 1.29 is 19.2 Å². The molecule has 146 valence electrons. The number of esters is 1. The van der Waals surface area contributed by atoms with E-state index in [1.807, 2.05) is 0 Å². The molecule has 0 spiro atoms. The van der Waals surface area contributed by atoms with Gasteiger partial charge in [-0.25, -0.2) is 9.78 Å². The molecule has 0 radical (unpaired) electrons. The third-order valence-corrected chi connectivity index (χ3v) is 4.55. The second kappa shape index (κ2) is 9.77. The lowest BCUT2D eigenvalue weighted by molar-refractivity contribution is -0.384. The van der Waals surface area contributed by atoms with Gasteiger partial charge in [-0.05, 0) is 24.6 Å². The van der Waals surface area contributed by atoms with Crippen LogP contribution in [0.3, 0.4) is 0 Å². The molecule has 0 saturated carbocycles. The third kappa shape index (κ3) is 5.24. The largest absolute Gasteiger partial charge is 0.461 e. The summed E-state index contributed by atoms with van der Waals surface area (Å²) in [6.45, 7) is 5.69. The molecule has 0 aliphatic heterocycles. The number of ether oxygens (including phenoxy) is 1. The van der Waals surface area contributed by atoms with Gasteiger partial charge in [0, 0.05) is 24.1 Å². The van der Waals surface area contributed by atoms with Crippen LogP contribution in [0.5, 0.6) is 0 Å². The molecule has 1 aromatic carbocycles. The number of anilines is 1. The molecule has 0 atom stereocenters. The standard InChI is InChI=1S/C18H16ClN3O5S/c1-3-9-21(18-20-14(11-28-18)17(24)27-4-2)16(23)8-6-12-5-7-13(19)15(10-12)22(25)26/h3,5-8,10-11H,1,4,9H2,2H3. The molecule has 1 amide bonds. The van der Waals surface area contributed by atoms with Crippen LogP contribution < -0.4 is 4.90 Å². The summed E-state index contributed by atoms with van der Waals surface area (Å²) in [5, 5.41) is 12.8. The van der Waals surface area contributed by atoms with Crippen molar-refractivity contribution in [1.82, 2.24) is 4.98 Å². The average molecular weight is 422 g/mol. The maximum Gasteiger partial charge on any atom is 0.357 e. The number of nitrogens with zero attached hydrogens (tertiary/aromatic N) is 3. The van der Waals surface area contributed by atoms with Gasteiger partial charge >= 0.3 is 5.97 Å². The van der Waals surface area contributed by atoms with Crippen LogP contribution in [0.4, 0.5) is 10.8 Å². The second-order valence-electron chi connectivity index (χ2n) is 5.27. The second-order valence-corrected chi connectivity index (χ2v) is 6.52. The first-order valence-electron chi connectivity index (χ1n) is 8.04. The van der Waals surface area contributed by atoms with Crippen LogP contribution in [0.1, 0.15) is 23.0 Å². The van der Waals surface area contributed by atoms with Gasteiger partial charge in [0.25, 0.3) is 11.6 Å². The summed E-state index contributed by atoms with van der Waals surface area (Å²) in [6, 6.07) is 4.21. The van der Waals surface area contributed by atoms with Crippen molar-refractivity contribution in [3.63, 3.8) is 0 Å². The zero-order valence-electron chi connectivity index (χ0n) is 14.8. The molecule has 10 heteroatoms. The first-order valence-corrected chi connectivity index (χ1v) is 9.30. The highest BCUT2D eigenvalue weighted by Gasteiger charge is 2.19. The zero-order chi connectivity index (χ0) is 20.7. The first-order chi connectivity index (χ1) is 13.4. The molecule has 2 aromatic rings. The SMILES string of the molecule is C=CCN(C(=O)C=Cc1ccc(Cl)c([N+](=O)[O-])c1)c1nc(C(=O)OCC)cs1. The molecule has 8 nitrogen and oxygen atoms in total. The van der Waals surface area contributed by atoms with Crippen LogP contribution in [0.2, 0.25) is 5.02 Å². The topological polar surface area (TPSA) is 103 Å². The molecule has 1 heterocycles. The van der Waals surface area contributed by atoms with Crippen LogP contribution >= 0.6 is 22.9 Å². The molecule has 0 bridgehead atoms. The number of halogens is 1. The Balaban J connectivity index is 2.22. The van der Waals surface area contributed by atoms with Crippen molar-refractivity contribution in [2.24, 2.45) is 0 Å². The van der Waals surface area contributed by atoms with E-state index in [-0.39, 0.29) is 29.6 Å². The van der Waals surface area contributed by atoms with E-state index in [4.69, 9.17) is 16.3 Å². The molecule has 0 aliphatic carbocycles. The molecular weight excluding hydrogens is 406 g/mol. The van der Waals surface area contributed by atoms with Crippen LogP contribution in [0, 0.1) is 10.1 Å². The van der Waals surface area contributed by atoms with Crippen LogP contribution in [0.15, 0.2) is 42.3 Å². The Morgan fingerprint density at radius 1 is 1.46 bits per heavy atom. The number of benzene rings is 1. The Kier molecular flexibility index (Phi) is 7.42.